The first-order valence-electron chi connectivity index (χ1n) is 9.74. The number of nitrogens with zero attached hydrogens (tertiary/aromatic N) is 3. The highest BCUT2D eigenvalue weighted by Gasteiger charge is 2.16. The van der Waals surface area contributed by atoms with E-state index in [2.05, 4.69) is 14.9 Å². The minimum absolute atomic E-state index is 0.0201. The SMILES string of the molecule is CCOc1ccc(S(=O)(=O)NCCC(=O)OCc2nnc(-c3ccc([N+](=O)[O-])cc3)o2)cc1. The number of ether oxygens (including phenoxy) is 2. The maximum absolute atomic E-state index is 12.3. The van der Waals surface area contributed by atoms with Crippen molar-refractivity contribution < 1.29 is 32.0 Å². The number of aromatic nitrogens is 2. The monoisotopic (exact) mass is 476 g/mol. The molecule has 174 valence electrons. The van der Waals surface area contributed by atoms with E-state index in [1.165, 1.54) is 36.4 Å². The molecule has 0 bridgehead atoms. The van der Waals surface area contributed by atoms with Crippen LogP contribution in [0.5, 0.6) is 5.75 Å². The third kappa shape index (κ3) is 6.57. The summed E-state index contributed by atoms with van der Waals surface area (Å²) in [6.07, 6.45) is -0.209. The highest BCUT2D eigenvalue weighted by atomic mass is 32.2. The summed E-state index contributed by atoms with van der Waals surface area (Å²) < 4.78 is 42.6. The predicted octanol–water partition coefficient (Wildman–Crippen LogP) is 2.46. The van der Waals surface area contributed by atoms with Gasteiger partial charge in [0.25, 0.3) is 11.6 Å². The average Bonchev–Trinajstić information content (AvgIpc) is 3.27. The fourth-order valence-electron chi connectivity index (χ4n) is 2.62. The van der Waals surface area contributed by atoms with Crippen LogP contribution in [0.3, 0.4) is 0 Å². The van der Waals surface area contributed by atoms with Crippen LogP contribution in [0, 0.1) is 10.1 Å². The van der Waals surface area contributed by atoms with Crippen molar-refractivity contribution in [3.63, 3.8) is 0 Å². The molecule has 12 nitrogen and oxygen atoms in total. The molecule has 3 rings (SSSR count). The Morgan fingerprint density at radius 1 is 1.12 bits per heavy atom. The molecule has 0 aliphatic carbocycles. The molecule has 0 radical (unpaired) electrons. The number of non-ortho nitro benzene ring substituents is 1. The lowest BCUT2D eigenvalue weighted by atomic mass is 10.2. The number of nitrogens with one attached hydrogen (secondary N) is 1. The molecule has 1 heterocycles. The largest absolute Gasteiger partial charge is 0.494 e. The van der Waals surface area contributed by atoms with Crippen molar-refractivity contribution in [2.24, 2.45) is 0 Å². The van der Waals surface area contributed by atoms with Gasteiger partial charge in [-0.15, -0.1) is 10.2 Å². The van der Waals surface area contributed by atoms with E-state index in [4.69, 9.17) is 13.9 Å². The van der Waals surface area contributed by atoms with Gasteiger partial charge in [0.15, 0.2) is 6.61 Å². The molecule has 0 spiro atoms. The maximum atomic E-state index is 12.3. The number of nitro benzene ring substituents is 1. The molecule has 1 N–H and O–H groups in total. The van der Waals surface area contributed by atoms with Crippen LogP contribution in [0.4, 0.5) is 5.69 Å². The van der Waals surface area contributed by atoms with Crippen LogP contribution in [-0.2, 0) is 26.2 Å². The van der Waals surface area contributed by atoms with E-state index in [1.54, 1.807) is 12.1 Å². The quantitative estimate of drug-likeness (QED) is 0.247. The molecular formula is C20H20N4O8S. The molecule has 13 heteroatoms. The Hall–Kier alpha value is -3.84. The van der Waals surface area contributed by atoms with Gasteiger partial charge in [-0.1, -0.05) is 0 Å². The molecule has 0 aliphatic rings. The molecule has 33 heavy (non-hydrogen) atoms. The fourth-order valence-corrected chi connectivity index (χ4v) is 3.65. The molecule has 1 aromatic heterocycles. The Morgan fingerprint density at radius 3 is 2.45 bits per heavy atom. The third-order valence-electron chi connectivity index (χ3n) is 4.21. The minimum Gasteiger partial charge on any atom is -0.494 e. The molecule has 0 aliphatic heterocycles. The molecule has 2 aromatic carbocycles. The Balaban J connectivity index is 1.45. The van der Waals surface area contributed by atoms with Crippen LogP contribution in [0.2, 0.25) is 0 Å². The first kappa shape index (κ1) is 23.8. The molecule has 0 saturated carbocycles. The smallest absolute Gasteiger partial charge is 0.307 e. The van der Waals surface area contributed by atoms with Gasteiger partial charge in [0, 0.05) is 24.2 Å². The van der Waals surface area contributed by atoms with Gasteiger partial charge < -0.3 is 13.9 Å². The standard InChI is InChI=1S/C20H20N4O8S/c1-2-30-16-7-9-17(10-8-16)33(28,29)21-12-11-19(25)31-13-18-22-23-20(32-18)14-3-5-15(6-4-14)24(26)27/h3-10,21H,2,11-13H2,1H3. The number of sulfonamides is 1. The van der Waals surface area contributed by atoms with E-state index in [1.807, 2.05) is 6.92 Å². The van der Waals surface area contributed by atoms with Gasteiger partial charge in [-0.2, -0.15) is 0 Å². The van der Waals surface area contributed by atoms with E-state index in [0.29, 0.717) is 17.9 Å². The fraction of sp³-hybridized carbons (Fsp3) is 0.250. The van der Waals surface area contributed by atoms with Crippen LogP contribution in [0.1, 0.15) is 19.2 Å². The van der Waals surface area contributed by atoms with Gasteiger partial charge >= 0.3 is 5.97 Å². The third-order valence-corrected chi connectivity index (χ3v) is 5.69. The van der Waals surface area contributed by atoms with Gasteiger partial charge in [0.05, 0.1) is 22.8 Å². The average molecular weight is 476 g/mol. The van der Waals surface area contributed by atoms with Gasteiger partial charge in [-0.3, -0.25) is 14.9 Å². The van der Waals surface area contributed by atoms with E-state index in [-0.39, 0.29) is 41.9 Å². The molecule has 0 atom stereocenters. The lowest BCUT2D eigenvalue weighted by molar-refractivity contribution is -0.384. The number of hydrogen-bond acceptors (Lipinski definition) is 10. The lowest BCUT2D eigenvalue weighted by Crippen LogP contribution is -2.26. The van der Waals surface area contributed by atoms with Crippen LogP contribution in [-0.4, -0.2) is 42.7 Å². The van der Waals surface area contributed by atoms with Crippen molar-refractivity contribution in [1.29, 1.82) is 0 Å². The molecule has 0 saturated heterocycles. The summed E-state index contributed by atoms with van der Waals surface area (Å²) in [4.78, 5) is 22.1. The Morgan fingerprint density at radius 2 is 1.82 bits per heavy atom. The van der Waals surface area contributed by atoms with Crippen LogP contribution >= 0.6 is 0 Å². The summed E-state index contributed by atoms with van der Waals surface area (Å²) in [5.41, 5.74) is 0.389. The van der Waals surface area contributed by atoms with E-state index >= 15 is 0 Å². The van der Waals surface area contributed by atoms with Crippen molar-refractivity contribution in [3.05, 3.63) is 64.5 Å². The number of carbonyl (C=O) groups is 1. The molecule has 0 amide bonds. The van der Waals surface area contributed by atoms with Crippen LogP contribution in [0.25, 0.3) is 11.5 Å². The molecule has 0 fully saturated rings. The van der Waals surface area contributed by atoms with Crippen molar-refractivity contribution >= 4 is 21.7 Å². The summed E-state index contributed by atoms with van der Waals surface area (Å²) in [5, 5.41) is 18.3. The summed E-state index contributed by atoms with van der Waals surface area (Å²) >= 11 is 0. The van der Waals surface area contributed by atoms with Crippen molar-refractivity contribution in [3.8, 4) is 17.2 Å². The summed E-state index contributed by atoms with van der Waals surface area (Å²) in [7, 11) is -3.79. The first-order valence-corrected chi connectivity index (χ1v) is 11.2. The summed E-state index contributed by atoms with van der Waals surface area (Å²) in [5.74, 6) is 0.0167. The highest BCUT2D eigenvalue weighted by Crippen LogP contribution is 2.21. The minimum atomic E-state index is -3.79. The highest BCUT2D eigenvalue weighted by molar-refractivity contribution is 7.89. The van der Waals surface area contributed by atoms with Crippen LogP contribution < -0.4 is 9.46 Å². The number of nitro groups is 1. The predicted molar refractivity (Wildman–Crippen MR) is 114 cm³/mol. The zero-order chi connectivity index (χ0) is 23.8. The van der Waals surface area contributed by atoms with E-state index in [0.717, 1.165) is 0 Å². The van der Waals surface area contributed by atoms with Gasteiger partial charge in [0.1, 0.15) is 5.75 Å². The Labute approximate surface area is 188 Å². The van der Waals surface area contributed by atoms with Gasteiger partial charge in [-0.25, -0.2) is 13.1 Å². The normalized spacial score (nSPS) is 11.2. The first-order chi connectivity index (χ1) is 15.8. The topological polar surface area (TPSA) is 164 Å². The zero-order valence-corrected chi connectivity index (χ0v) is 18.3. The van der Waals surface area contributed by atoms with Crippen molar-refractivity contribution in [2.75, 3.05) is 13.2 Å². The number of carbonyl (C=O) groups excluding carboxylic acids is 1. The van der Waals surface area contributed by atoms with E-state index in [9.17, 15) is 23.3 Å². The number of benzene rings is 2. The second-order valence-electron chi connectivity index (χ2n) is 6.52. The van der Waals surface area contributed by atoms with Crippen molar-refractivity contribution in [1.82, 2.24) is 14.9 Å². The van der Waals surface area contributed by atoms with Gasteiger partial charge in [-0.05, 0) is 43.3 Å². The lowest BCUT2D eigenvalue weighted by Gasteiger charge is -2.08. The number of esters is 1. The number of rotatable bonds is 11. The molecular weight excluding hydrogens is 456 g/mol. The number of hydrogen-bond donors (Lipinski definition) is 1. The molecule has 3 aromatic rings. The second kappa shape index (κ2) is 10.7. The van der Waals surface area contributed by atoms with Gasteiger partial charge in [0.2, 0.25) is 15.9 Å². The second-order valence-corrected chi connectivity index (χ2v) is 8.28. The molecule has 0 unspecified atom stereocenters. The van der Waals surface area contributed by atoms with Crippen LogP contribution in [0.15, 0.2) is 57.8 Å². The maximum Gasteiger partial charge on any atom is 0.307 e. The Kier molecular flexibility index (Phi) is 7.69. The summed E-state index contributed by atoms with van der Waals surface area (Å²) in [6, 6.07) is 11.4. The van der Waals surface area contributed by atoms with Crippen molar-refractivity contribution in [2.45, 2.75) is 24.8 Å². The zero-order valence-electron chi connectivity index (χ0n) is 17.5. The Bertz CT molecular complexity index is 1210. The van der Waals surface area contributed by atoms with E-state index < -0.39 is 20.9 Å². The summed E-state index contributed by atoms with van der Waals surface area (Å²) in [6.45, 7) is 1.83.